The van der Waals surface area contributed by atoms with Crippen LogP contribution < -0.4 is 9.80 Å². The smallest absolute Gasteiger partial charge is 0.0465 e. The van der Waals surface area contributed by atoms with E-state index in [9.17, 15) is 0 Å². The van der Waals surface area contributed by atoms with E-state index in [2.05, 4.69) is 308 Å². The Bertz CT molecular complexity index is 3840. The highest BCUT2D eigenvalue weighted by Crippen LogP contribution is 2.53. The first kappa shape index (κ1) is 48.6. The maximum atomic E-state index is 2.41. The van der Waals surface area contributed by atoms with Gasteiger partial charge in [-0.1, -0.05) is 208 Å². The number of hydrogen-bond acceptors (Lipinski definition) is 2. The third-order valence-electron chi connectivity index (χ3n) is 16.9. The molecule has 78 heavy (non-hydrogen) atoms. The Balaban J connectivity index is 0.722. The predicted molar refractivity (Wildman–Crippen MR) is 336 cm³/mol. The molecule has 0 saturated carbocycles. The molecule has 11 aromatic carbocycles. The van der Waals surface area contributed by atoms with E-state index < -0.39 is 0 Å². The SMILES string of the molecule is Cc1ccc(N(c2ccc(C)cc2)c2ccc3c(c2)C(C)(C)c2cc(/C=C/c4ccc5c(ccc6cc(/C=C/c7ccc8c(c7)C(C)(C)c7cc(N(c9ccc(C)cc9)c9ccc(C)cc9)ccc7-8)ccc65)c4)ccc2-3)cc1. The highest BCUT2D eigenvalue weighted by atomic mass is 15.1. The Kier molecular flexibility index (Phi) is 11.8. The van der Waals surface area contributed by atoms with Crippen molar-refractivity contribution in [1.29, 1.82) is 0 Å². The fraction of sp³-hybridized carbons (Fsp3) is 0.132. The molecule has 0 spiro atoms. The van der Waals surface area contributed by atoms with Crippen LogP contribution >= 0.6 is 0 Å². The maximum absolute atomic E-state index is 2.41. The van der Waals surface area contributed by atoms with E-state index in [4.69, 9.17) is 0 Å². The molecule has 0 bridgehead atoms. The van der Waals surface area contributed by atoms with Gasteiger partial charge in [-0.15, -0.1) is 0 Å². The molecule has 0 radical (unpaired) electrons. The van der Waals surface area contributed by atoms with Crippen molar-refractivity contribution < 1.29 is 0 Å². The summed E-state index contributed by atoms with van der Waals surface area (Å²) in [6, 6.07) is 81.7. The van der Waals surface area contributed by atoms with Crippen LogP contribution in [0.1, 0.15) is 94.5 Å². The first-order chi connectivity index (χ1) is 37.7. The molecule has 378 valence electrons. The van der Waals surface area contributed by atoms with Crippen LogP contribution in [0.15, 0.2) is 218 Å². The van der Waals surface area contributed by atoms with Crippen LogP contribution in [0.2, 0.25) is 0 Å². The average molecular weight is 1010 g/mol. The van der Waals surface area contributed by atoms with Gasteiger partial charge in [-0.3, -0.25) is 0 Å². The summed E-state index contributed by atoms with van der Waals surface area (Å²) in [5, 5.41) is 5.02. The molecule has 2 aliphatic carbocycles. The van der Waals surface area contributed by atoms with Gasteiger partial charge in [0.05, 0.1) is 0 Å². The molecule has 2 heteroatoms. The minimum absolute atomic E-state index is 0.164. The van der Waals surface area contributed by atoms with Crippen LogP contribution in [0.4, 0.5) is 34.1 Å². The predicted octanol–water partition coefficient (Wildman–Crippen LogP) is 21.1. The molecular formula is C76H64N2. The lowest BCUT2D eigenvalue weighted by atomic mass is 9.81. The van der Waals surface area contributed by atoms with Gasteiger partial charge in [-0.05, 0) is 201 Å². The zero-order valence-electron chi connectivity index (χ0n) is 46.0. The minimum Gasteiger partial charge on any atom is -0.310 e. The van der Waals surface area contributed by atoms with Crippen LogP contribution in [0, 0.1) is 27.7 Å². The summed E-state index contributed by atoms with van der Waals surface area (Å²) >= 11 is 0. The molecule has 0 amide bonds. The van der Waals surface area contributed by atoms with Crippen molar-refractivity contribution in [2.45, 2.75) is 66.2 Å². The summed E-state index contributed by atoms with van der Waals surface area (Å²) < 4.78 is 0. The first-order valence-corrected chi connectivity index (χ1v) is 27.5. The standard InChI is InChI=1S/C76H64N2/c1-49-9-27-59(28-10-49)77(60-29-11-50(2)12-30-60)63-35-41-69-67-39-23-55(45-71(67)75(5,6)73(69)47-63)19-17-53-21-37-65-57(43-53)25-26-58-44-54(22-38-66(58)65)18-20-56-24-40-68-70-42-36-64(48-74(70)76(7,8)72(68)46-56)78(61-31-13-51(3)14-32-61)62-33-15-52(4)16-34-62/h9-48H,1-8H3/b19-17+,20-18+. The molecule has 0 N–H and O–H groups in total. The van der Waals surface area contributed by atoms with Gasteiger partial charge in [-0.2, -0.15) is 0 Å². The van der Waals surface area contributed by atoms with Crippen molar-refractivity contribution in [1.82, 2.24) is 0 Å². The first-order valence-electron chi connectivity index (χ1n) is 27.5. The van der Waals surface area contributed by atoms with Crippen LogP contribution in [0.25, 0.3) is 68.1 Å². The molecule has 0 aromatic heterocycles. The second-order valence-corrected chi connectivity index (χ2v) is 23.0. The van der Waals surface area contributed by atoms with Crippen LogP contribution in [0.5, 0.6) is 0 Å². The van der Waals surface area contributed by atoms with Gasteiger partial charge in [0.2, 0.25) is 0 Å². The quantitative estimate of drug-likeness (QED) is 0.0995. The molecule has 0 saturated heterocycles. The Morgan fingerprint density at radius 2 is 0.513 bits per heavy atom. The lowest BCUT2D eigenvalue weighted by molar-refractivity contribution is 0.660. The number of nitrogens with zero attached hydrogens (tertiary/aromatic N) is 2. The van der Waals surface area contributed by atoms with Crippen molar-refractivity contribution in [2.75, 3.05) is 9.80 Å². The van der Waals surface area contributed by atoms with Crippen LogP contribution in [-0.2, 0) is 10.8 Å². The van der Waals surface area contributed by atoms with Crippen molar-refractivity contribution >= 4 is 80.0 Å². The number of rotatable bonds is 10. The van der Waals surface area contributed by atoms with Crippen molar-refractivity contribution in [3.05, 3.63) is 285 Å². The third kappa shape index (κ3) is 8.63. The molecule has 2 aliphatic rings. The van der Waals surface area contributed by atoms with Crippen molar-refractivity contribution in [3.63, 3.8) is 0 Å². The Morgan fingerprint density at radius 3 is 0.833 bits per heavy atom. The van der Waals surface area contributed by atoms with Gasteiger partial charge < -0.3 is 9.80 Å². The highest BCUT2D eigenvalue weighted by molar-refractivity contribution is 6.08. The van der Waals surface area contributed by atoms with E-state index in [-0.39, 0.29) is 10.8 Å². The number of benzene rings is 11. The Morgan fingerprint density at radius 1 is 0.256 bits per heavy atom. The summed E-state index contributed by atoms with van der Waals surface area (Å²) in [7, 11) is 0. The molecule has 13 rings (SSSR count). The molecule has 0 atom stereocenters. The van der Waals surface area contributed by atoms with Gasteiger partial charge in [0.1, 0.15) is 0 Å². The summed E-state index contributed by atoms with van der Waals surface area (Å²) in [6.07, 6.45) is 9.06. The molecule has 0 unspecified atom stereocenters. The molecule has 0 aliphatic heterocycles. The van der Waals surface area contributed by atoms with Gasteiger partial charge in [0.25, 0.3) is 0 Å². The highest BCUT2D eigenvalue weighted by Gasteiger charge is 2.37. The molecule has 11 aromatic rings. The topological polar surface area (TPSA) is 6.48 Å². The summed E-state index contributed by atoms with van der Waals surface area (Å²) in [4.78, 5) is 4.76. The van der Waals surface area contributed by atoms with Gasteiger partial charge in [-0.25, -0.2) is 0 Å². The monoisotopic (exact) mass is 1000 g/mol. The number of hydrogen-bond donors (Lipinski definition) is 0. The van der Waals surface area contributed by atoms with Crippen molar-refractivity contribution in [3.8, 4) is 22.3 Å². The molecule has 0 heterocycles. The zero-order chi connectivity index (χ0) is 53.5. The minimum atomic E-state index is -0.164. The summed E-state index contributed by atoms with van der Waals surface area (Å²) in [5.74, 6) is 0. The van der Waals surface area contributed by atoms with Crippen molar-refractivity contribution in [2.24, 2.45) is 0 Å². The van der Waals surface area contributed by atoms with Gasteiger partial charge >= 0.3 is 0 Å². The Hall–Kier alpha value is -8.98. The average Bonchev–Trinajstić information content (AvgIpc) is 4.06. The van der Waals surface area contributed by atoms with Gasteiger partial charge in [0.15, 0.2) is 0 Å². The van der Waals surface area contributed by atoms with Crippen LogP contribution in [-0.4, -0.2) is 0 Å². The third-order valence-corrected chi connectivity index (χ3v) is 16.9. The van der Waals surface area contributed by atoms with E-state index in [1.807, 2.05) is 0 Å². The summed E-state index contributed by atoms with van der Waals surface area (Å²) in [6.45, 7) is 18.1. The maximum Gasteiger partial charge on any atom is 0.0465 e. The second kappa shape index (κ2) is 18.9. The lowest BCUT2D eigenvalue weighted by Gasteiger charge is -2.28. The number of anilines is 6. The molecule has 2 nitrogen and oxygen atoms in total. The Labute approximate surface area is 460 Å². The van der Waals surface area contributed by atoms with E-state index in [1.165, 1.54) is 122 Å². The van der Waals surface area contributed by atoms with E-state index in [0.717, 1.165) is 22.7 Å². The van der Waals surface area contributed by atoms with E-state index in [1.54, 1.807) is 0 Å². The fourth-order valence-electron chi connectivity index (χ4n) is 12.3. The summed E-state index contributed by atoms with van der Waals surface area (Å²) in [5.41, 5.74) is 27.2. The fourth-order valence-corrected chi connectivity index (χ4v) is 12.3. The normalized spacial score (nSPS) is 13.7. The molecule has 0 fully saturated rings. The largest absolute Gasteiger partial charge is 0.310 e. The number of aryl methyl sites for hydroxylation is 4. The molecular weight excluding hydrogens is 941 g/mol. The van der Waals surface area contributed by atoms with Crippen LogP contribution in [0.3, 0.4) is 0 Å². The van der Waals surface area contributed by atoms with E-state index >= 15 is 0 Å². The zero-order valence-corrected chi connectivity index (χ0v) is 46.0. The second-order valence-electron chi connectivity index (χ2n) is 23.0. The lowest BCUT2D eigenvalue weighted by Crippen LogP contribution is -2.16. The van der Waals surface area contributed by atoms with Gasteiger partial charge in [0, 0.05) is 45.0 Å². The number of fused-ring (bicyclic) bond motifs is 9. The van der Waals surface area contributed by atoms with E-state index in [0.29, 0.717) is 0 Å².